The van der Waals surface area contributed by atoms with E-state index in [0.29, 0.717) is 22.7 Å². The predicted molar refractivity (Wildman–Crippen MR) is 132 cm³/mol. The van der Waals surface area contributed by atoms with Crippen LogP contribution >= 0.6 is 11.8 Å². The molecular formula is C25H26N2O7S. The van der Waals surface area contributed by atoms with Gasteiger partial charge in [0.05, 0.1) is 12.0 Å². The van der Waals surface area contributed by atoms with Crippen LogP contribution in [0.2, 0.25) is 0 Å². The Morgan fingerprint density at radius 2 is 1.77 bits per heavy atom. The highest BCUT2D eigenvalue weighted by atomic mass is 32.2. The molecule has 0 saturated carbocycles. The van der Waals surface area contributed by atoms with E-state index in [1.54, 1.807) is 51.1 Å². The fraction of sp³-hybridized carbons (Fsp3) is 0.280. The molecule has 3 amide bonds. The molecule has 0 spiro atoms. The molecule has 1 aliphatic heterocycles. The minimum Gasteiger partial charge on any atom is -0.493 e. The molecule has 10 heteroatoms. The standard InChI is InChI=1S/C25H26N2O7S/c1-25(2,3)34-22(29)14-27-23(30)20(35-24(27)31)13-16-10-11-18(19(12-16)32-4)33-15-21(28)26-17-8-6-5-7-9-17/h5-13H,14-15H2,1-4H3,(H,26,28). The van der Waals surface area contributed by atoms with Crippen molar-refractivity contribution < 1.29 is 33.4 Å². The van der Waals surface area contributed by atoms with Gasteiger partial charge in [0.1, 0.15) is 12.1 Å². The van der Waals surface area contributed by atoms with Crippen LogP contribution in [0.3, 0.4) is 0 Å². The number of carbonyl (C=O) groups is 4. The summed E-state index contributed by atoms with van der Waals surface area (Å²) in [5.74, 6) is -0.894. The number of amides is 3. The van der Waals surface area contributed by atoms with E-state index < -0.39 is 29.3 Å². The first kappa shape index (κ1) is 25.8. The maximum absolute atomic E-state index is 12.7. The predicted octanol–water partition coefficient (Wildman–Crippen LogP) is 4.09. The number of anilines is 1. The minimum absolute atomic E-state index is 0.163. The molecule has 9 nitrogen and oxygen atoms in total. The van der Waals surface area contributed by atoms with Crippen LogP contribution in [0.4, 0.5) is 10.5 Å². The number of nitrogens with one attached hydrogen (secondary N) is 1. The molecule has 184 valence electrons. The van der Waals surface area contributed by atoms with Crippen molar-refractivity contribution in [2.75, 3.05) is 25.6 Å². The number of imide groups is 1. The Labute approximate surface area is 207 Å². The number of methoxy groups -OCH3 is 1. The lowest BCUT2D eigenvalue weighted by Gasteiger charge is -2.21. The lowest BCUT2D eigenvalue weighted by Crippen LogP contribution is -2.37. The first-order valence-electron chi connectivity index (χ1n) is 10.7. The van der Waals surface area contributed by atoms with Gasteiger partial charge in [-0.25, -0.2) is 0 Å². The molecule has 0 aromatic heterocycles. The van der Waals surface area contributed by atoms with Gasteiger partial charge >= 0.3 is 5.97 Å². The SMILES string of the molecule is COc1cc(C=C2SC(=O)N(CC(=O)OC(C)(C)C)C2=O)ccc1OCC(=O)Nc1ccccc1. The fourth-order valence-corrected chi connectivity index (χ4v) is 3.88. The van der Waals surface area contributed by atoms with Crippen LogP contribution in [-0.2, 0) is 19.1 Å². The van der Waals surface area contributed by atoms with Gasteiger partial charge in [-0.1, -0.05) is 24.3 Å². The van der Waals surface area contributed by atoms with Crippen LogP contribution in [0.5, 0.6) is 11.5 Å². The van der Waals surface area contributed by atoms with Crippen LogP contribution in [-0.4, -0.2) is 53.8 Å². The van der Waals surface area contributed by atoms with E-state index in [4.69, 9.17) is 14.2 Å². The van der Waals surface area contributed by atoms with E-state index in [-0.39, 0.29) is 17.4 Å². The first-order chi connectivity index (χ1) is 16.6. The van der Waals surface area contributed by atoms with Gasteiger partial charge in [0.15, 0.2) is 18.1 Å². The number of para-hydroxylation sites is 1. The number of esters is 1. The Morgan fingerprint density at radius 1 is 1.06 bits per heavy atom. The quantitative estimate of drug-likeness (QED) is 0.428. The van der Waals surface area contributed by atoms with E-state index in [0.717, 1.165) is 16.7 Å². The Bertz CT molecular complexity index is 1160. The maximum atomic E-state index is 12.7. The molecule has 0 bridgehead atoms. The zero-order chi connectivity index (χ0) is 25.6. The average Bonchev–Trinajstić information content (AvgIpc) is 3.04. The highest BCUT2D eigenvalue weighted by Crippen LogP contribution is 2.34. The Hall–Kier alpha value is -3.79. The molecule has 0 aliphatic carbocycles. The molecule has 1 aliphatic rings. The van der Waals surface area contributed by atoms with Gasteiger partial charge in [0.25, 0.3) is 17.1 Å². The van der Waals surface area contributed by atoms with Crippen LogP contribution in [0.25, 0.3) is 6.08 Å². The number of hydrogen-bond acceptors (Lipinski definition) is 8. The Balaban J connectivity index is 1.65. The number of carbonyl (C=O) groups excluding carboxylic acids is 4. The van der Waals surface area contributed by atoms with Crippen LogP contribution in [0.1, 0.15) is 26.3 Å². The zero-order valence-corrected chi connectivity index (χ0v) is 20.6. The summed E-state index contributed by atoms with van der Waals surface area (Å²) in [4.78, 5) is 50.2. The van der Waals surface area contributed by atoms with Gasteiger partial charge in [-0.3, -0.25) is 24.1 Å². The lowest BCUT2D eigenvalue weighted by molar-refractivity contribution is -0.156. The third-order valence-electron chi connectivity index (χ3n) is 4.48. The Morgan fingerprint density at radius 3 is 2.43 bits per heavy atom. The van der Waals surface area contributed by atoms with Crippen molar-refractivity contribution in [3.05, 3.63) is 59.0 Å². The van der Waals surface area contributed by atoms with Crippen molar-refractivity contribution >= 4 is 46.5 Å². The summed E-state index contributed by atoms with van der Waals surface area (Å²) < 4.78 is 16.1. The molecule has 1 saturated heterocycles. The van der Waals surface area contributed by atoms with E-state index in [1.807, 2.05) is 18.2 Å². The second-order valence-corrected chi connectivity index (χ2v) is 9.46. The monoisotopic (exact) mass is 498 g/mol. The van der Waals surface area contributed by atoms with Crippen molar-refractivity contribution in [1.29, 1.82) is 0 Å². The maximum Gasteiger partial charge on any atom is 0.326 e. The van der Waals surface area contributed by atoms with E-state index in [1.165, 1.54) is 13.2 Å². The topological polar surface area (TPSA) is 111 Å². The van der Waals surface area contributed by atoms with Gasteiger partial charge in [-0.05, 0) is 68.4 Å². The third kappa shape index (κ3) is 7.35. The zero-order valence-electron chi connectivity index (χ0n) is 19.8. The highest BCUT2D eigenvalue weighted by molar-refractivity contribution is 8.18. The first-order valence-corrected chi connectivity index (χ1v) is 11.5. The Kier molecular flexibility index (Phi) is 8.18. The molecule has 0 radical (unpaired) electrons. The number of thioether (sulfide) groups is 1. The van der Waals surface area contributed by atoms with Crippen LogP contribution in [0, 0.1) is 0 Å². The molecule has 2 aromatic carbocycles. The van der Waals surface area contributed by atoms with Crippen molar-refractivity contribution in [1.82, 2.24) is 4.90 Å². The molecule has 0 unspecified atom stereocenters. The highest BCUT2D eigenvalue weighted by Gasteiger charge is 2.37. The van der Waals surface area contributed by atoms with E-state index in [2.05, 4.69) is 5.32 Å². The second kappa shape index (κ2) is 11.1. The van der Waals surface area contributed by atoms with Gasteiger partial charge < -0.3 is 19.5 Å². The summed E-state index contributed by atoms with van der Waals surface area (Å²) in [5.41, 5.74) is 0.506. The molecule has 35 heavy (non-hydrogen) atoms. The smallest absolute Gasteiger partial charge is 0.326 e. The van der Waals surface area contributed by atoms with Crippen LogP contribution in [0.15, 0.2) is 53.4 Å². The molecule has 1 N–H and O–H groups in total. The average molecular weight is 499 g/mol. The number of nitrogens with zero attached hydrogens (tertiary/aromatic N) is 1. The number of ether oxygens (including phenoxy) is 3. The number of hydrogen-bond donors (Lipinski definition) is 1. The molecule has 3 rings (SSSR count). The van der Waals surface area contributed by atoms with Gasteiger partial charge in [0.2, 0.25) is 0 Å². The molecule has 2 aromatic rings. The van der Waals surface area contributed by atoms with Crippen molar-refractivity contribution in [2.45, 2.75) is 26.4 Å². The van der Waals surface area contributed by atoms with Gasteiger partial charge in [0, 0.05) is 5.69 Å². The number of benzene rings is 2. The molecular weight excluding hydrogens is 472 g/mol. The summed E-state index contributed by atoms with van der Waals surface area (Å²) >= 11 is 0.735. The van der Waals surface area contributed by atoms with Gasteiger partial charge in [-0.2, -0.15) is 0 Å². The lowest BCUT2D eigenvalue weighted by atomic mass is 10.2. The summed E-state index contributed by atoms with van der Waals surface area (Å²) in [6.45, 7) is 4.42. The van der Waals surface area contributed by atoms with Crippen LogP contribution < -0.4 is 14.8 Å². The number of rotatable bonds is 8. The van der Waals surface area contributed by atoms with Crippen molar-refractivity contribution in [3.63, 3.8) is 0 Å². The van der Waals surface area contributed by atoms with Crippen molar-refractivity contribution in [2.24, 2.45) is 0 Å². The molecule has 0 atom stereocenters. The normalized spacial score (nSPS) is 14.7. The minimum atomic E-state index is -0.725. The molecule has 1 heterocycles. The largest absolute Gasteiger partial charge is 0.493 e. The molecule has 1 fully saturated rings. The van der Waals surface area contributed by atoms with E-state index >= 15 is 0 Å². The fourth-order valence-electron chi connectivity index (χ4n) is 3.05. The van der Waals surface area contributed by atoms with Crippen molar-refractivity contribution in [3.8, 4) is 11.5 Å². The summed E-state index contributed by atoms with van der Waals surface area (Å²) in [5, 5.41) is 2.17. The third-order valence-corrected chi connectivity index (χ3v) is 5.39. The summed E-state index contributed by atoms with van der Waals surface area (Å²) in [6.07, 6.45) is 1.52. The summed E-state index contributed by atoms with van der Waals surface area (Å²) in [7, 11) is 1.45. The van der Waals surface area contributed by atoms with E-state index in [9.17, 15) is 19.2 Å². The second-order valence-electron chi connectivity index (χ2n) is 8.47. The van der Waals surface area contributed by atoms with Gasteiger partial charge in [-0.15, -0.1) is 0 Å². The summed E-state index contributed by atoms with van der Waals surface area (Å²) in [6, 6.07) is 13.9.